The van der Waals surface area contributed by atoms with Gasteiger partial charge in [0.05, 0.1) is 11.1 Å². The number of aromatic carboxylic acids is 1. The average Bonchev–Trinajstić information content (AvgIpc) is 3.19. The molecule has 1 aromatic rings. The summed E-state index contributed by atoms with van der Waals surface area (Å²) in [5.41, 5.74) is 0.190. The molecule has 4 nitrogen and oxygen atoms in total. The van der Waals surface area contributed by atoms with E-state index in [0.717, 1.165) is 18.3 Å². The molecule has 0 aromatic heterocycles. The third-order valence-corrected chi connectivity index (χ3v) is 6.00. The van der Waals surface area contributed by atoms with Crippen molar-refractivity contribution >= 4 is 11.9 Å². The van der Waals surface area contributed by atoms with E-state index in [1.165, 1.54) is 37.8 Å². The Morgan fingerprint density at radius 2 is 1.73 bits per heavy atom. The van der Waals surface area contributed by atoms with Gasteiger partial charge in [-0.15, -0.1) is 0 Å². The lowest BCUT2D eigenvalue weighted by molar-refractivity contribution is 0.00115. The Bertz CT molecular complexity index is 623. The molecule has 116 valence electrons. The summed E-state index contributed by atoms with van der Waals surface area (Å²) in [6, 6.07) is 6.29. The zero-order chi connectivity index (χ0) is 15.3. The molecule has 0 heterocycles. The van der Waals surface area contributed by atoms with Crippen LogP contribution in [0.15, 0.2) is 24.3 Å². The first-order valence-corrected chi connectivity index (χ1v) is 8.18. The summed E-state index contributed by atoms with van der Waals surface area (Å²) in [5, 5.41) is 9.20. The Labute approximate surface area is 129 Å². The Morgan fingerprint density at radius 1 is 1.00 bits per heavy atom. The number of fused-ring (bicyclic) bond motifs is 5. The zero-order valence-corrected chi connectivity index (χ0v) is 12.4. The average molecular weight is 300 g/mol. The third-order valence-electron chi connectivity index (χ3n) is 6.00. The highest BCUT2D eigenvalue weighted by Gasteiger charge is 2.55. The monoisotopic (exact) mass is 300 g/mol. The maximum Gasteiger partial charge on any atom is 0.339 e. The molecule has 0 unspecified atom stereocenters. The SMILES string of the molecule is O=C(O)c1ccccc1C(=O)O[C@H]1C[C@H]2C[C@@H]1[C@@H]1CCC[C@@H]21. The molecule has 3 saturated carbocycles. The van der Waals surface area contributed by atoms with Gasteiger partial charge in [-0.1, -0.05) is 18.6 Å². The number of hydrogen-bond donors (Lipinski definition) is 1. The molecule has 0 aliphatic heterocycles. The van der Waals surface area contributed by atoms with Crippen molar-refractivity contribution in [1.29, 1.82) is 0 Å². The normalized spacial score (nSPS) is 35.4. The molecule has 1 aromatic carbocycles. The van der Waals surface area contributed by atoms with Crippen molar-refractivity contribution in [3.05, 3.63) is 35.4 Å². The number of carboxylic acid groups (broad SMARTS) is 1. The molecule has 0 radical (unpaired) electrons. The van der Waals surface area contributed by atoms with Gasteiger partial charge < -0.3 is 9.84 Å². The number of benzene rings is 1. The van der Waals surface area contributed by atoms with Gasteiger partial charge in [0.1, 0.15) is 6.10 Å². The van der Waals surface area contributed by atoms with E-state index in [-0.39, 0.29) is 17.2 Å². The van der Waals surface area contributed by atoms with Crippen LogP contribution in [-0.2, 0) is 4.74 Å². The molecule has 0 amide bonds. The van der Waals surface area contributed by atoms with Crippen LogP contribution in [0.3, 0.4) is 0 Å². The van der Waals surface area contributed by atoms with Crippen molar-refractivity contribution in [2.45, 2.75) is 38.2 Å². The smallest absolute Gasteiger partial charge is 0.339 e. The summed E-state index contributed by atoms with van der Waals surface area (Å²) in [5.74, 6) is 1.22. The predicted octanol–water partition coefficient (Wildman–Crippen LogP) is 3.37. The molecule has 1 N–H and O–H groups in total. The molecular weight excluding hydrogens is 280 g/mol. The molecule has 3 aliphatic rings. The predicted molar refractivity (Wildman–Crippen MR) is 79.6 cm³/mol. The standard InChI is InChI=1S/C18H20O4/c19-17(20)13-4-1-2-5-14(13)18(21)22-16-9-10-8-15(16)12-7-3-6-11(10)12/h1-2,4-5,10-12,15-16H,3,6-9H2,(H,19,20)/t10-,11+,12-,15-,16+/m1/s1. The molecule has 2 bridgehead atoms. The fourth-order valence-electron chi connectivity index (χ4n) is 5.19. The number of ether oxygens (including phenoxy) is 1. The van der Waals surface area contributed by atoms with E-state index >= 15 is 0 Å². The second-order valence-electron chi connectivity index (χ2n) is 6.95. The molecule has 4 heteroatoms. The van der Waals surface area contributed by atoms with E-state index in [9.17, 15) is 14.7 Å². The molecular formula is C18H20O4. The summed E-state index contributed by atoms with van der Waals surface area (Å²) in [7, 11) is 0. The lowest BCUT2D eigenvalue weighted by Gasteiger charge is -2.31. The zero-order valence-electron chi connectivity index (χ0n) is 12.4. The summed E-state index contributed by atoms with van der Waals surface area (Å²) in [4.78, 5) is 23.6. The molecule has 5 atom stereocenters. The van der Waals surface area contributed by atoms with Crippen LogP contribution in [0.1, 0.15) is 52.8 Å². The summed E-state index contributed by atoms with van der Waals surface area (Å²) < 4.78 is 5.73. The third kappa shape index (κ3) is 2.04. The van der Waals surface area contributed by atoms with Crippen LogP contribution in [0.5, 0.6) is 0 Å². The van der Waals surface area contributed by atoms with Crippen molar-refractivity contribution in [2.24, 2.45) is 23.7 Å². The van der Waals surface area contributed by atoms with Crippen LogP contribution in [0.25, 0.3) is 0 Å². The lowest BCUT2D eigenvalue weighted by Crippen LogP contribution is -2.32. The molecule has 0 spiro atoms. The van der Waals surface area contributed by atoms with Crippen molar-refractivity contribution in [2.75, 3.05) is 0 Å². The fraction of sp³-hybridized carbons (Fsp3) is 0.556. The highest BCUT2D eigenvalue weighted by atomic mass is 16.5. The van der Waals surface area contributed by atoms with Crippen LogP contribution in [0.4, 0.5) is 0 Å². The number of carboxylic acids is 1. The molecule has 4 rings (SSSR count). The van der Waals surface area contributed by atoms with E-state index in [1.54, 1.807) is 12.1 Å². The van der Waals surface area contributed by atoms with Gasteiger partial charge in [0.15, 0.2) is 0 Å². The van der Waals surface area contributed by atoms with Gasteiger partial charge in [0.25, 0.3) is 0 Å². The molecule has 3 aliphatic carbocycles. The maximum absolute atomic E-state index is 12.4. The Balaban J connectivity index is 1.51. The molecule has 22 heavy (non-hydrogen) atoms. The van der Waals surface area contributed by atoms with E-state index < -0.39 is 11.9 Å². The highest BCUT2D eigenvalue weighted by Crippen LogP contribution is 2.59. The minimum Gasteiger partial charge on any atom is -0.478 e. The van der Waals surface area contributed by atoms with Gasteiger partial charge in [-0.05, 0) is 61.5 Å². The van der Waals surface area contributed by atoms with Crippen molar-refractivity contribution in [3.63, 3.8) is 0 Å². The number of esters is 1. The van der Waals surface area contributed by atoms with Gasteiger partial charge in [0.2, 0.25) is 0 Å². The quantitative estimate of drug-likeness (QED) is 0.869. The topological polar surface area (TPSA) is 63.6 Å². The van der Waals surface area contributed by atoms with Crippen LogP contribution >= 0.6 is 0 Å². The first-order chi connectivity index (χ1) is 10.6. The van der Waals surface area contributed by atoms with Gasteiger partial charge >= 0.3 is 11.9 Å². The van der Waals surface area contributed by atoms with Gasteiger partial charge in [0, 0.05) is 0 Å². The van der Waals surface area contributed by atoms with Crippen molar-refractivity contribution < 1.29 is 19.4 Å². The summed E-state index contributed by atoms with van der Waals surface area (Å²) in [6.07, 6.45) is 6.06. The second-order valence-corrected chi connectivity index (χ2v) is 6.95. The Morgan fingerprint density at radius 3 is 2.50 bits per heavy atom. The number of carbonyl (C=O) groups is 2. The fourth-order valence-corrected chi connectivity index (χ4v) is 5.19. The molecule has 3 fully saturated rings. The molecule has 0 saturated heterocycles. The van der Waals surface area contributed by atoms with Gasteiger partial charge in [-0.2, -0.15) is 0 Å². The number of rotatable bonds is 3. The summed E-state index contributed by atoms with van der Waals surface area (Å²) in [6.45, 7) is 0. The minimum atomic E-state index is -1.09. The first-order valence-electron chi connectivity index (χ1n) is 8.18. The highest BCUT2D eigenvalue weighted by molar-refractivity contribution is 6.02. The van der Waals surface area contributed by atoms with E-state index in [0.29, 0.717) is 11.8 Å². The lowest BCUT2D eigenvalue weighted by atomic mass is 9.80. The minimum absolute atomic E-state index is 0.0151. The van der Waals surface area contributed by atoms with Crippen LogP contribution in [-0.4, -0.2) is 23.1 Å². The van der Waals surface area contributed by atoms with Crippen LogP contribution in [0.2, 0.25) is 0 Å². The van der Waals surface area contributed by atoms with Gasteiger partial charge in [-0.25, -0.2) is 9.59 Å². The van der Waals surface area contributed by atoms with Crippen LogP contribution < -0.4 is 0 Å². The van der Waals surface area contributed by atoms with E-state index in [1.807, 2.05) is 0 Å². The first kappa shape index (κ1) is 13.8. The maximum atomic E-state index is 12.4. The van der Waals surface area contributed by atoms with Crippen LogP contribution in [0, 0.1) is 23.7 Å². The van der Waals surface area contributed by atoms with E-state index in [4.69, 9.17) is 4.74 Å². The second kappa shape index (κ2) is 5.11. The van der Waals surface area contributed by atoms with Gasteiger partial charge in [-0.3, -0.25) is 0 Å². The Hall–Kier alpha value is -1.84. The Kier molecular flexibility index (Phi) is 3.21. The number of carbonyl (C=O) groups excluding carboxylic acids is 1. The van der Waals surface area contributed by atoms with Crippen molar-refractivity contribution in [1.82, 2.24) is 0 Å². The van der Waals surface area contributed by atoms with Crippen molar-refractivity contribution in [3.8, 4) is 0 Å². The van der Waals surface area contributed by atoms with E-state index in [2.05, 4.69) is 0 Å². The largest absolute Gasteiger partial charge is 0.478 e. The summed E-state index contributed by atoms with van der Waals surface area (Å²) >= 11 is 0. The number of hydrogen-bond acceptors (Lipinski definition) is 3.